The highest BCUT2D eigenvalue weighted by molar-refractivity contribution is 7.90. The van der Waals surface area contributed by atoms with Crippen molar-refractivity contribution in [3.05, 3.63) is 0 Å². The summed E-state index contributed by atoms with van der Waals surface area (Å²) < 4.78 is 27.5. The summed E-state index contributed by atoms with van der Waals surface area (Å²) in [6.45, 7) is 8.59. The van der Waals surface area contributed by atoms with E-state index < -0.39 is 15.4 Å². The molecule has 0 atom stereocenters. The third-order valence-electron chi connectivity index (χ3n) is 2.80. The number of hydrogen-bond acceptors (Lipinski definition) is 5. The molecule has 0 aromatic carbocycles. The number of hydrogen-bond donors (Lipinski definition) is 0. The second-order valence-corrected chi connectivity index (χ2v) is 8.20. The van der Waals surface area contributed by atoms with Crippen LogP contribution >= 0.6 is 0 Å². The van der Waals surface area contributed by atoms with E-state index in [1.807, 2.05) is 20.8 Å². The molecular weight excluding hydrogens is 268 g/mol. The first-order valence-corrected chi connectivity index (χ1v) is 8.51. The molecule has 1 aliphatic rings. The molecule has 0 bridgehead atoms. The van der Waals surface area contributed by atoms with Crippen molar-refractivity contribution in [3.63, 3.8) is 0 Å². The van der Waals surface area contributed by atoms with Crippen LogP contribution < -0.4 is 0 Å². The summed E-state index contributed by atoms with van der Waals surface area (Å²) >= 11 is 0. The predicted octanol–water partition coefficient (Wildman–Crippen LogP) is 0.584. The molecule has 0 aromatic rings. The van der Waals surface area contributed by atoms with Crippen LogP contribution in [0.4, 0.5) is 4.79 Å². The zero-order valence-corrected chi connectivity index (χ0v) is 13.0. The van der Waals surface area contributed by atoms with Gasteiger partial charge in [0.15, 0.2) is 0 Å². The molecule has 0 aromatic heterocycles. The van der Waals surface area contributed by atoms with Crippen LogP contribution in [0.5, 0.6) is 0 Å². The average molecular weight is 292 g/mol. The second-order valence-electron chi connectivity index (χ2n) is 5.94. The van der Waals surface area contributed by atoms with Crippen molar-refractivity contribution >= 4 is 15.9 Å². The fourth-order valence-corrected chi connectivity index (χ4v) is 2.37. The van der Waals surface area contributed by atoms with Crippen LogP contribution in [0.1, 0.15) is 20.8 Å². The van der Waals surface area contributed by atoms with Crippen molar-refractivity contribution in [1.29, 1.82) is 0 Å². The van der Waals surface area contributed by atoms with E-state index in [0.717, 1.165) is 0 Å². The van der Waals surface area contributed by atoms with E-state index in [1.165, 1.54) is 6.26 Å². The molecule has 1 rings (SSSR count). The summed E-state index contributed by atoms with van der Waals surface area (Å²) in [5.41, 5.74) is -0.482. The van der Waals surface area contributed by atoms with Crippen molar-refractivity contribution in [2.24, 2.45) is 0 Å². The lowest BCUT2D eigenvalue weighted by molar-refractivity contribution is 0.0150. The lowest BCUT2D eigenvalue weighted by Crippen LogP contribution is -2.50. The van der Waals surface area contributed by atoms with Crippen LogP contribution in [-0.2, 0) is 14.6 Å². The van der Waals surface area contributed by atoms with Crippen molar-refractivity contribution in [2.75, 3.05) is 44.7 Å². The van der Waals surface area contributed by atoms with Gasteiger partial charge in [0.25, 0.3) is 0 Å². The minimum absolute atomic E-state index is 0.166. The number of rotatable bonds is 3. The van der Waals surface area contributed by atoms with Gasteiger partial charge in [0.1, 0.15) is 15.4 Å². The predicted molar refractivity (Wildman–Crippen MR) is 74.0 cm³/mol. The number of piperazine rings is 1. The molecule has 7 heteroatoms. The van der Waals surface area contributed by atoms with Gasteiger partial charge >= 0.3 is 6.09 Å². The summed E-state index contributed by atoms with van der Waals surface area (Å²) in [4.78, 5) is 15.6. The molecule has 1 saturated heterocycles. The number of sulfone groups is 1. The highest BCUT2D eigenvalue weighted by Crippen LogP contribution is 2.11. The Morgan fingerprint density at radius 2 is 1.68 bits per heavy atom. The summed E-state index contributed by atoms with van der Waals surface area (Å²) in [6, 6.07) is 0. The quantitative estimate of drug-likeness (QED) is 0.761. The van der Waals surface area contributed by atoms with Crippen LogP contribution in [0, 0.1) is 0 Å². The lowest BCUT2D eigenvalue weighted by atomic mass is 10.2. The van der Waals surface area contributed by atoms with Gasteiger partial charge in [-0.15, -0.1) is 0 Å². The van der Waals surface area contributed by atoms with Gasteiger partial charge < -0.3 is 9.64 Å². The largest absolute Gasteiger partial charge is 0.444 e. The summed E-state index contributed by atoms with van der Waals surface area (Å²) in [6.07, 6.45) is 0.944. The maximum absolute atomic E-state index is 11.8. The molecule has 1 amide bonds. The zero-order chi connectivity index (χ0) is 14.7. The smallest absolute Gasteiger partial charge is 0.410 e. The van der Waals surface area contributed by atoms with Gasteiger partial charge in [0.05, 0.1) is 5.75 Å². The third-order valence-corrected chi connectivity index (χ3v) is 3.73. The van der Waals surface area contributed by atoms with E-state index in [4.69, 9.17) is 4.74 Å². The van der Waals surface area contributed by atoms with Crippen molar-refractivity contribution in [2.45, 2.75) is 26.4 Å². The first-order chi connectivity index (χ1) is 8.57. The van der Waals surface area contributed by atoms with Gasteiger partial charge in [-0.1, -0.05) is 0 Å². The monoisotopic (exact) mass is 292 g/mol. The number of ether oxygens (including phenoxy) is 1. The molecular formula is C12H24N2O4S. The van der Waals surface area contributed by atoms with Gasteiger partial charge in [-0.2, -0.15) is 0 Å². The Balaban J connectivity index is 2.35. The Kier molecular flexibility index (Phi) is 5.20. The van der Waals surface area contributed by atoms with E-state index in [9.17, 15) is 13.2 Å². The Labute approximate surface area is 115 Å². The number of nitrogens with zero attached hydrogens (tertiary/aromatic N) is 2. The molecule has 0 saturated carbocycles. The SMILES string of the molecule is CC(C)(C)OC(=O)N1CCN(CCS(C)(=O)=O)CC1. The molecule has 1 aliphatic heterocycles. The average Bonchev–Trinajstić information content (AvgIpc) is 2.23. The summed E-state index contributed by atoms with van der Waals surface area (Å²) in [7, 11) is -2.92. The Hall–Kier alpha value is -0.820. The minimum atomic E-state index is -2.92. The molecule has 6 nitrogen and oxygen atoms in total. The Bertz CT molecular complexity index is 406. The Morgan fingerprint density at radius 1 is 1.16 bits per heavy atom. The van der Waals surface area contributed by atoms with Gasteiger partial charge in [-0.25, -0.2) is 13.2 Å². The molecule has 112 valence electrons. The first kappa shape index (κ1) is 16.2. The number of carbonyl (C=O) groups is 1. The van der Waals surface area contributed by atoms with Gasteiger partial charge in [-0.05, 0) is 20.8 Å². The fourth-order valence-electron chi connectivity index (χ4n) is 1.78. The van der Waals surface area contributed by atoms with E-state index >= 15 is 0 Å². The van der Waals surface area contributed by atoms with E-state index in [2.05, 4.69) is 4.90 Å². The fraction of sp³-hybridized carbons (Fsp3) is 0.917. The maximum Gasteiger partial charge on any atom is 0.410 e. The molecule has 0 unspecified atom stereocenters. The van der Waals surface area contributed by atoms with Crippen LogP contribution in [0.15, 0.2) is 0 Å². The van der Waals surface area contributed by atoms with Crippen molar-refractivity contribution in [1.82, 2.24) is 9.80 Å². The standard InChI is InChI=1S/C12H24N2O4S/c1-12(2,3)18-11(15)14-7-5-13(6-8-14)9-10-19(4,16)17/h5-10H2,1-4H3. The number of carbonyl (C=O) groups excluding carboxylic acids is 1. The second kappa shape index (κ2) is 6.09. The highest BCUT2D eigenvalue weighted by atomic mass is 32.2. The van der Waals surface area contributed by atoms with Crippen molar-refractivity contribution in [3.8, 4) is 0 Å². The molecule has 0 radical (unpaired) electrons. The summed E-state index contributed by atoms with van der Waals surface area (Å²) in [5.74, 6) is 0.166. The van der Waals surface area contributed by atoms with Crippen molar-refractivity contribution < 1.29 is 17.9 Å². The molecule has 1 fully saturated rings. The molecule has 19 heavy (non-hydrogen) atoms. The van der Waals surface area contributed by atoms with Crippen LogP contribution in [-0.4, -0.2) is 74.6 Å². The zero-order valence-electron chi connectivity index (χ0n) is 12.2. The van der Waals surface area contributed by atoms with Crippen LogP contribution in [0.25, 0.3) is 0 Å². The highest BCUT2D eigenvalue weighted by Gasteiger charge is 2.25. The van der Waals surface area contributed by atoms with Gasteiger partial charge in [0, 0.05) is 39.0 Å². The molecule has 1 heterocycles. The van der Waals surface area contributed by atoms with E-state index in [0.29, 0.717) is 32.7 Å². The Morgan fingerprint density at radius 3 is 2.11 bits per heavy atom. The van der Waals surface area contributed by atoms with E-state index in [-0.39, 0.29) is 11.8 Å². The lowest BCUT2D eigenvalue weighted by Gasteiger charge is -2.35. The van der Waals surface area contributed by atoms with Gasteiger partial charge in [0.2, 0.25) is 0 Å². The summed E-state index contributed by atoms with van der Waals surface area (Å²) in [5, 5.41) is 0. The minimum Gasteiger partial charge on any atom is -0.444 e. The normalized spacial score (nSPS) is 18.4. The third kappa shape index (κ3) is 6.77. The number of amides is 1. The van der Waals surface area contributed by atoms with E-state index in [1.54, 1.807) is 4.90 Å². The molecule has 0 spiro atoms. The molecule has 0 N–H and O–H groups in total. The van der Waals surface area contributed by atoms with Crippen LogP contribution in [0.3, 0.4) is 0 Å². The topological polar surface area (TPSA) is 66.9 Å². The van der Waals surface area contributed by atoms with Crippen LogP contribution in [0.2, 0.25) is 0 Å². The molecule has 0 aliphatic carbocycles. The first-order valence-electron chi connectivity index (χ1n) is 6.45. The van der Waals surface area contributed by atoms with Gasteiger partial charge in [-0.3, -0.25) is 4.90 Å². The maximum atomic E-state index is 11.8.